The molecule has 0 aliphatic heterocycles. The molecule has 0 saturated heterocycles. The molecule has 0 amide bonds. The number of thiophene rings is 1. The fourth-order valence-corrected chi connectivity index (χ4v) is 2.36. The number of hydrogen-bond donors (Lipinski definition) is 1. The molecule has 0 aliphatic rings. The molecule has 2 N–H and O–H groups in total. The molecule has 4 heteroatoms. The number of nitrogens with zero attached hydrogens (tertiary/aromatic N) is 1. The summed E-state index contributed by atoms with van der Waals surface area (Å²) in [6, 6.07) is 3.98. The highest BCUT2D eigenvalue weighted by Gasteiger charge is 2.09. The minimum Gasteiger partial charge on any atom is -0.366 e. The van der Waals surface area contributed by atoms with E-state index in [1.165, 1.54) is 5.00 Å². The lowest BCUT2D eigenvalue weighted by atomic mass is 10.1. The van der Waals surface area contributed by atoms with Gasteiger partial charge in [-0.25, -0.2) is 0 Å². The average molecular weight is 233 g/mol. The Hall–Kier alpha value is -0.250. The van der Waals surface area contributed by atoms with E-state index in [4.69, 9.17) is 17.3 Å². The smallest absolute Gasteiger partial charge is 0.0950 e. The summed E-state index contributed by atoms with van der Waals surface area (Å²) in [6.45, 7) is 3.93. The third-order valence-electron chi connectivity index (χ3n) is 2.38. The molecule has 80 valence electrons. The van der Waals surface area contributed by atoms with E-state index in [2.05, 4.69) is 24.9 Å². The molecule has 0 fully saturated rings. The summed E-state index contributed by atoms with van der Waals surface area (Å²) < 4.78 is 0.840. The highest BCUT2D eigenvalue weighted by atomic mass is 35.5. The summed E-state index contributed by atoms with van der Waals surface area (Å²) >= 11 is 7.49. The molecular formula is C10H17ClN2S. The van der Waals surface area contributed by atoms with Gasteiger partial charge in [0.25, 0.3) is 0 Å². The topological polar surface area (TPSA) is 29.3 Å². The maximum absolute atomic E-state index is 5.88. The second kappa shape index (κ2) is 5.59. The zero-order valence-electron chi connectivity index (χ0n) is 8.66. The van der Waals surface area contributed by atoms with Crippen molar-refractivity contribution < 1.29 is 0 Å². The Kier molecular flexibility index (Phi) is 4.72. The van der Waals surface area contributed by atoms with Crippen molar-refractivity contribution in [3.05, 3.63) is 16.5 Å². The number of nitrogens with two attached hydrogens (primary N) is 1. The molecule has 0 saturated carbocycles. The van der Waals surface area contributed by atoms with E-state index in [9.17, 15) is 0 Å². The first-order chi connectivity index (χ1) is 6.67. The van der Waals surface area contributed by atoms with Crippen LogP contribution in [-0.4, -0.2) is 20.1 Å². The Balaban J connectivity index is 2.53. The zero-order chi connectivity index (χ0) is 10.6. The van der Waals surface area contributed by atoms with Crippen molar-refractivity contribution in [1.82, 2.24) is 0 Å². The van der Waals surface area contributed by atoms with Crippen molar-refractivity contribution in [3.63, 3.8) is 0 Å². The fourth-order valence-electron chi connectivity index (χ4n) is 1.36. The second-order valence-corrected chi connectivity index (χ2v) is 5.16. The third-order valence-corrected chi connectivity index (χ3v) is 3.72. The molecule has 0 bridgehead atoms. The highest BCUT2D eigenvalue weighted by molar-refractivity contribution is 7.19. The second-order valence-electron chi connectivity index (χ2n) is 3.47. The van der Waals surface area contributed by atoms with Gasteiger partial charge in [-0.15, -0.1) is 11.3 Å². The quantitative estimate of drug-likeness (QED) is 0.846. The summed E-state index contributed by atoms with van der Waals surface area (Å²) in [5.74, 6) is 0.570. The van der Waals surface area contributed by atoms with Gasteiger partial charge in [-0.3, -0.25) is 0 Å². The van der Waals surface area contributed by atoms with Gasteiger partial charge in [0, 0.05) is 13.6 Å². The van der Waals surface area contributed by atoms with Crippen LogP contribution < -0.4 is 10.6 Å². The minimum absolute atomic E-state index is 0.570. The number of rotatable bonds is 5. The lowest BCUT2D eigenvalue weighted by molar-refractivity contribution is 0.522. The van der Waals surface area contributed by atoms with Crippen molar-refractivity contribution in [2.75, 3.05) is 25.0 Å². The van der Waals surface area contributed by atoms with E-state index in [0.717, 1.165) is 23.8 Å². The van der Waals surface area contributed by atoms with Gasteiger partial charge in [-0.2, -0.15) is 0 Å². The molecule has 0 aromatic carbocycles. The van der Waals surface area contributed by atoms with Gasteiger partial charge >= 0.3 is 0 Å². The average Bonchev–Trinajstić information content (AvgIpc) is 2.61. The monoisotopic (exact) mass is 232 g/mol. The predicted molar refractivity (Wildman–Crippen MR) is 65.4 cm³/mol. The van der Waals surface area contributed by atoms with Gasteiger partial charge in [0.2, 0.25) is 0 Å². The molecule has 1 atom stereocenters. The summed E-state index contributed by atoms with van der Waals surface area (Å²) in [4.78, 5) is 2.22. The largest absolute Gasteiger partial charge is 0.366 e. The van der Waals surface area contributed by atoms with E-state index in [-0.39, 0.29) is 0 Å². The fraction of sp³-hybridized carbons (Fsp3) is 0.600. The van der Waals surface area contributed by atoms with Crippen LogP contribution in [0, 0.1) is 5.92 Å². The standard InChI is InChI=1S/C10H17ClN2S/c1-3-8(6-12)7-13(2)10-5-4-9(11)14-10/h4-5,8H,3,6-7,12H2,1-2H3. The van der Waals surface area contributed by atoms with Gasteiger partial charge < -0.3 is 10.6 Å². The van der Waals surface area contributed by atoms with Crippen molar-refractivity contribution in [2.45, 2.75) is 13.3 Å². The lowest BCUT2D eigenvalue weighted by Gasteiger charge is -2.22. The van der Waals surface area contributed by atoms with Crippen molar-refractivity contribution in [1.29, 1.82) is 0 Å². The van der Waals surface area contributed by atoms with Crippen LogP contribution in [0.25, 0.3) is 0 Å². The van der Waals surface area contributed by atoms with Gasteiger partial charge in [-0.1, -0.05) is 24.9 Å². The first-order valence-electron chi connectivity index (χ1n) is 4.84. The Labute approximate surface area is 94.7 Å². The maximum Gasteiger partial charge on any atom is 0.0950 e. The van der Waals surface area contributed by atoms with Gasteiger partial charge in [0.15, 0.2) is 0 Å². The van der Waals surface area contributed by atoms with Crippen LogP contribution in [0.15, 0.2) is 12.1 Å². The maximum atomic E-state index is 5.88. The van der Waals surface area contributed by atoms with Crippen LogP contribution in [0.2, 0.25) is 4.34 Å². The summed E-state index contributed by atoms with van der Waals surface area (Å²) in [5.41, 5.74) is 5.67. The van der Waals surface area contributed by atoms with Crippen molar-refractivity contribution in [3.8, 4) is 0 Å². The molecule has 0 spiro atoms. The Bertz CT molecular complexity index is 271. The number of anilines is 1. The van der Waals surface area contributed by atoms with E-state index >= 15 is 0 Å². The van der Waals surface area contributed by atoms with Crippen LogP contribution in [0.5, 0.6) is 0 Å². The third kappa shape index (κ3) is 3.15. The van der Waals surface area contributed by atoms with Gasteiger partial charge in [0.05, 0.1) is 9.34 Å². The van der Waals surface area contributed by atoms with Crippen molar-refractivity contribution >= 4 is 27.9 Å². The molecule has 1 heterocycles. The molecule has 1 aromatic heterocycles. The van der Waals surface area contributed by atoms with Gasteiger partial charge in [0.1, 0.15) is 0 Å². The molecule has 0 aliphatic carbocycles. The van der Waals surface area contributed by atoms with E-state index in [1.807, 2.05) is 6.07 Å². The molecule has 1 aromatic rings. The van der Waals surface area contributed by atoms with Crippen LogP contribution >= 0.6 is 22.9 Å². The molecular weight excluding hydrogens is 216 g/mol. The summed E-state index contributed by atoms with van der Waals surface area (Å²) in [6.07, 6.45) is 1.12. The van der Waals surface area contributed by atoms with Crippen LogP contribution in [0.1, 0.15) is 13.3 Å². The van der Waals surface area contributed by atoms with Crippen LogP contribution in [0.3, 0.4) is 0 Å². The first-order valence-corrected chi connectivity index (χ1v) is 6.03. The Morgan fingerprint density at radius 3 is 2.71 bits per heavy atom. The number of hydrogen-bond acceptors (Lipinski definition) is 3. The molecule has 0 radical (unpaired) electrons. The summed E-state index contributed by atoms with van der Waals surface area (Å²) in [5, 5.41) is 1.21. The summed E-state index contributed by atoms with van der Waals surface area (Å²) in [7, 11) is 2.08. The lowest BCUT2D eigenvalue weighted by Crippen LogP contribution is -2.29. The highest BCUT2D eigenvalue weighted by Crippen LogP contribution is 2.29. The first kappa shape index (κ1) is 11.8. The minimum atomic E-state index is 0.570. The van der Waals surface area contributed by atoms with E-state index in [1.54, 1.807) is 11.3 Å². The Morgan fingerprint density at radius 1 is 1.57 bits per heavy atom. The van der Waals surface area contributed by atoms with Crippen LogP contribution in [-0.2, 0) is 0 Å². The normalized spacial score (nSPS) is 12.9. The molecule has 1 unspecified atom stereocenters. The van der Waals surface area contributed by atoms with E-state index < -0.39 is 0 Å². The number of halogens is 1. The zero-order valence-corrected chi connectivity index (χ0v) is 10.2. The predicted octanol–water partition coefficient (Wildman–Crippen LogP) is 2.82. The molecule has 14 heavy (non-hydrogen) atoms. The van der Waals surface area contributed by atoms with Crippen LogP contribution in [0.4, 0.5) is 5.00 Å². The van der Waals surface area contributed by atoms with E-state index in [0.29, 0.717) is 5.92 Å². The SMILES string of the molecule is CCC(CN)CN(C)c1ccc(Cl)s1. The molecule has 1 rings (SSSR count). The molecule has 2 nitrogen and oxygen atoms in total. The van der Waals surface area contributed by atoms with Crippen molar-refractivity contribution in [2.24, 2.45) is 11.7 Å². The Morgan fingerprint density at radius 2 is 2.29 bits per heavy atom. The van der Waals surface area contributed by atoms with Gasteiger partial charge in [-0.05, 0) is 24.6 Å².